The van der Waals surface area contributed by atoms with E-state index in [0.29, 0.717) is 0 Å². The summed E-state index contributed by atoms with van der Waals surface area (Å²) in [6.45, 7) is 4.72. The minimum atomic E-state index is 1.06. The first-order valence-corrected chi connectivity index (χ1v) is 9.38. The van der Waals surface area contributed by atoms with Crippen molar-refractivity contribution < 1.29 is 0 Å². The molecule has 1 rings (SSSR count). The Balaban J connectivity index is 1.96. The predicted molar refractivity (Wildman–Crippen MR) is 87.6 cm³/mol. The molecule has 0 spiro atoms. The van der Waals surface area contributed by atoms with Crippen LogP contribution in [0.4, 0.5) is 0 Å². The fraction of sp³-hybridized carbons (Fsp3) is 1.00. The lowest BCUT2D eigenvalue weighted by Gasteiger charge is -2.29. The molecule has 1 aliphatic carbocycles. The van der Waals surface area contributed by atoms with Crippen molar-refractivity contribution in [1.82, 2.24) is 0 Å². The molecule has 0 amide bonds. The van der Waals surface area contributed by atoms with Crippen LogP contribution in [0.25, 0.3) is 0 Å². The molecule has 0 aromatic heterocycles. The summed E-state index contributed by atoms with van der Waals surface area (Å²) in [6.07, 6.45) is 22.3. The second-order valence-corrected chi connectivity index (χ2v) is 6.83. The summed E-state index contributed by atoms with van der Waals surface area (Å²) in [6, 6.07) is 0. The molecule has 0 bridgehead atoms. The first-order chi connectivity index (χ1) is 9.38. The lowest BCUT2D eigenvalue weighted by atomic mass is 9.76. The molecule has 1 atom stereocenters. The molecule has 0 heteroatoms. The van der Waals surface area contributed by atoms with Gasteiger partial charge in [-0.1, -0.05) is 110 Å². The standard InChI is InChI=1S/C19H38/c1-3-5-6-7-8-9-10-12-15-18(4-2)19-16-13-11-14-17-19/h18-19H,3-17H2,1-2H3. The van der Waals surface area contributed by atoms with Crippen LogP contribution in [0.3, 0.4) is 0 Å². The van der Waals surface area contributed by atoms with E-state index in [4.69, 9.17) is 0 Å². The van der Waals surface area contributed by atoms with Gasteiger partial charge in [-0.05, 0) is 11.8 Å². The molecule has 0 aromatic rings. The van der Waals surface area contributed by atoms with E-state index < -0.39 is 0 Å². The molecule has 0 aliphatic heterocycles. The van der Waals surface area contributed by atoms with Crippen molar-refractivity contribution >= 4 is 0 Å². The third-order valence-electron chi connectivity index (χ3n) is 5.27. The Morgan fingerprint density at radius 3 is 1.89 bits per heavy atom. The van der Waals surface area contributed by atoms with Crippen molar-refractivity contribution in [3.63, 3.8) is 0 Å². The average molecular weight is 267 g/mol. The van der Waals surface area contributed by atoms with Crippen LogP contribution in [0.15, 0.2) is 0 Å². The van der Waals surface area contributed by atoms with Gasteiger partial charge in [0.15, 0.2) is 0 Å². The van der Waals surface area contributed by atoms with E-state index in [-0.39, 0.29) is 0 Å². The van der Waals surface area contributed by atoms with Crippen molar-refractivity contribution in [3.05, 3.63) is 0 Å². The first kappa shape index (κ1) is 17.1. The summed E-state index contributed by atoms with van der Waals surface area (Å²) >= 11 is 0. The Kier molecular flexibility index (Phi) is 10.6. The van der Waals surface area contributed by atoms with Crippen molar-refractivity contribution in [3.8, 4) is 0 Å². The quantitative estimate of drug-likeness (QED) is 0.349. The zero-order valence-electron chi connectivity index (χ0n) is 13.8. The Morgan fingerprint density at radius 1 is 0.737 bits per heavy atom. The average Bonchev–Trinajstić information content (AvgIpc) is 2.47. The maximum absolute atomic E-state index is 2.42. The van der Waals surface area contributed by atoms with Crippen LogP contribution in [-0.4, -0.2) is 0 Å². The lowest BCUT2D eigenvalue weighted by Crippen LogP contribution is -2.17. The van der Waals surface area contributed by atoms with Gasteiger partial charge in [0.05, 0.1) is 0 Å². The van der Waals surface area contributed by atoms with Crippen LogP contribution in [0.5, 0.6) is 0 Å². The Bertz CT molecular complexity index is 178. The molecule has 1 fully saturated rings. The van der Waals surface area contributed by atoms with Crippen LogP contribution in [0, 0.1) is 11.8 Å². The van der Waals surface area contributed by atoms with Crippen molar-refractivity contribution in [1.29, 1.82) is 0 Å². The van der Waals surface area contributed by atoms with Gasteiger partial charge in [0.1, 0.15) is 0 Å². The van der Waals surface area contributed by atoms with Gasteiger partial charge in [-0.3, -0.25) is 0 Å². The fourth-order valence-electron chi connectivity index (χ4n) is 3.92. The minimum absolute atomic E-state index is 1.06. The lowest BCUT2D eigenvalue weighted by molar-refractivity contribution is 0.225. The van der Waals surface area contributed by atoms with Gasteiger partial charge >= 0.3 is 0 Å². The maximum Gasteiger partial charge on any atom is -0.0386 e. The summed E-state index contributed by atoms with van der Waals surface area (Å²) in [7, 11) is 0. The van der Waals surface area contributed by atoms with E-state index in [0.717, 1.165) is 11.8 Å². The smallest absolute Gasteiger partial charge is 0.0386 e. The topological polar surface area (TPSA) is 0 Å². The maximum atomic E-state index is 2.42. The zero-order chi connectivity index (χ0) is 13.8. The summed E-state index contributed by atoms with van der Waals surface area (Å²) in [5.41, 5.74) is 0. The number of hydrogen-bond acceptors (Lipinski definition) is 0. The van der Waals surface area contributed by atoms with Crippen LogP contribution in [-0.2, 0) is 0 Å². The van der Waals surface area contributed by atoms with Gasteiger partial charge in [-0.2, -0.15) is 0 Å². The molecule has 1 unspecified atom stereocenters. The highest BCUT2D eigenvalue weighted by Crippen LogP contribution is 2.34. The molecular weight excluding hydrogens is 228 g/mol. The van der Waals surface area contributed by atoms with Gasteiger partial charge in [0.2, 0.25) is 0 Å². The van der Waals surface area contributed by atoms with Gasteiger partial charge in [0, 0.05) is 0 Å². The third-order valence-corrected chi connectivity index (χ3v) is 5.27. The van der Waals surface area contributed by atoms with E-state index in [2.05, 4.69) is 13.8 Å². The Labute approximate surface area is 122 Å². The van der Waals surface area contributed by atoms with Crippen LogP contribution < -0.4 is 0 Å². The molecule has 1 saturated carbocycles. The second kappa shape index (κ2) is 11.8. The van der Waals surface area contributed by atoms with Crippen molar-refractivity contribution in [2.24, 2.45) is 11.8 Å². The monoisotopic (exact) mass is 266 g/mol. The van der Waals surface area contributed by atoms with Crippen LogP contribution in [0.2, 0.25) is 0 Å². The number of rotatable bonds is 11. The normalized spacial score (nSPS) is 18.6. The van der Waals surface area contributed by atoms with Gasteiger partial charge < -0.3 is 0 Å². The highest BCUT2D eigenvalue weighted by atomic mass is 14.3. The van der Waals surface area contributed by atoms with E-state index in [9.17, 15) is 0 Å². The van der Waals surface area contributed by atoms with E-state index in [1.54, 1.807) is 0 Å². The predicted octanol–water partition coefficient (Wildman–Crippen LogP) is 7.12. The second-order valence-electron chi connectivity index (χ2n) is 6.83. The third kappa shape index (κ3) is 8.00. The number of unbranched alkanes of at least 4 members (excludes halogenated alkanes) is 7. The largest absolute Gasteiger partial charge is 0.0654 e. The molecule has 0 heterocycles. The molecule has 0 radical (unpaired) electrons. The van der Waals surface area contributed by atoms with Gasteiger partial charge in [-0.15, -0.1) is 0 Å². The summed E-state index contributed by atoms with van der Waals surface area (Å²) in [5, 5.41) is 0. The number of hydrogen-bond donors (Lipinski definition) is 0. The minimum Gasteiger partial charge on any atom is -0.0654 e. The van der Waals surface area contributed by atoms with E-state index >= 15 is 0 Å². The molecular formula is C19H38. The molecule has 0 saturated heterocycles. The molecule has 19 heavy (non-hydrogen) atoms. The van der Waals surface area contributed by atoms with Crippen molar-refractivity contribution in [2.75, 3.05) is 0 Å². The molecule has 1 aliphatic rings. The van der Waals surface area contributed by atoms with Gasteiger partial charge in [0.25, 0.3) is 0 Å². The summed E-state index contributed by atoms with van der Waals surface area (Å²) in [5.74, 6) is 2.14. The highest BCUT2D eigenvalue weighted by molar-refractivity contribution is 4.73. The first-order valence-electron chi connectivity index (χ1n) is 9.38. The Morgan fingerprint density at radius 2 is 1.32 bits per heavy atom. The van der Waals surface area contributed by atoms with Gasteiger partial charge in [-0.25, -0.2) is 0 Å². The molecule has 114 valence electrons. The SMILES string of the molecule is CCCCCCCCCCC(CC)C1CCCCC1. The fourth-order valence-corrected chi connectivity index (χ4v) is 3.92. The summed E-state index contributed by atoms with van der Waals surface area (Å²) < 4.78 is 0. The molecule has 0 nitrogen and oxygen atoms in total. The summed E-state index contributed by atoms with van der Waals surface area (Å²) in [4.78, 5) is 0. The van der Waals surface area contributed by atoms with Crippen molar-refractivity contribution in [2.45, 2.75) is 110 Å². The highest BCUT2D eigenvalue weighted by Gasteiger charge is 2.21. The van der Waals surface area contributed by atoms with Crippen LogP contribution >= 0.6 is 0 Å². The van der Waals surface area contributed by atoms with Crippen LogP contribution in [0.1, 0.15) is 110 Å². The zero-order valence-corrected chi connectivity index (χ0v) is 13.8. The van der Waals surface area contributed by atoms with E-state index in [1.807, 2.05) is 0 Å². The Hall–Kier alpha value is 0. The molecule has 0 aromatic carbocycles. The van der Waals surface area contributed by atoms with E-state index in [1.165, 1.54) is 96.3 Å². The molecule has 0 N–H and O–H groups in total.